The predicted molar refractivity (Wildman–Crippen MR) is 57.0 cm³/mol. The van der Waals surface area contributed by atoms with Crippen molar-refractivity contribution in [1.82, 2.24) is 8.75 Å². The quantitative estimate of drug-likeness (QED) is 0.764. The summed E-state index contributed by atoms with van der Waals surface area (Å²) in [5.41, 5.74) is 0. The van der Waals surface area contributed by atoms with Gasteiger partial charge in [0, 0.05) is 13.2 Å². The first kappa shape index (κ1) is 10.1. The lowest BCUT2D eigenvalue weighted by Gasteiger charge is -2.03. The van der Waals surface area contributed by atoms with Crippen LogP contribution in [0.2, 0.25) is 5.15 Å². The summed E-state index contributed by atoms with van der Waals surface area (Å²) in [6, 6.07) is 0. The van der Waals surface area contributed by atoms with Crippen molar-refractivity contribution < 1.29 is 4.74 Å². The number of nitrogens with zero attached hydrogens (tertiary/aromatic N) is 2. The molecule has 0 bridgehead atoms. The van der Waals surface area contributed by atoms with E-state index in [9.17, 15) is 0 Å². The van der Waals surface area contributed by atoms with Crippen molar-refractivity contribution in [2.45, 2.75) is 12.8 Å². The van der Waals surface area contributed by atoms with Gasteiger partial charge in [0.15, 0.2) is 11.0 Å². The highest BCUT2D eigenvalue weighted by atomic mass is 35.5. The highest BCUT2D eigenvalue weighted by Crippen LogP contribution is 2.28. The van der Waals surface area contributed by atoms with Gasteiger partial charge in [-0.15, -0.1) is 0 Å². The van der Waals surface area contributed by atoms with Crippen LogP contribution < -0.4 is 5.32 Å². The minimum absolute atomic E-state index is 0.442. The maximum absolute atomic E-state index is 5.75. The maximum Gasteiger partial charge on any atom is 0.186 e. The molecule has 0 aliphatic heterocycles. The molecular formula is C8H12ClN3OS. The zero-order valence-corrected chi connectivity index (χ0v) is 9.27. The molecule has 4 nitrogen and oxygen atoms in total. The number of aromatic nitrogens is 2. The Labute approximate surface area is 91.9 Å². The molecular weight excluding hydrogens is 222 g/mol. The van der Waals surface area contributed by atoms with Crippen molar-refractivity contribution >= 4 is 29.1 Å². The van der Waals surface area contributed by atoms with Crippen molar-refractivity contribution in [2.75, 3.05) is 25.1 Å². The average Bonchev–Trinajstić information content (AvgIpc) is 2.91. The summed E-state index contributed by atoms with van der Waals surface area (Å²) in [5, 5.41) is 3.51. The normalized spacial score (nSPS) is 15.8. The lowest BCUT2D eigenvalue weighted by atomic mass is 10.5. The summed E-state index contributed by atoms with van der Waals surface area (Å²) in [5.74, 6) is 1.48. The topological polar surface area (TPSA) is 47.0 Å². The van der Waals surface area contributed by atoms with Crippen LogP contribution in [0.25, 0.3) is 0 Å². The summed E-state index contributed by atoms with van der Waals surface area (Å²) in [4.78, 5) is 0. The van der Waals surface area contributed by atoms with Crippen LogP contribution in [0, 0.1) is 5.92 Å². The van der Waals surface area contributed by atoms with Gasteiger partial charge in [-0.1, -0.05) is 11.6 Å². The van der Waals surface area contributed by atoms with Gasteiger partial charge in [-0.2, -0.15) is 8.75 Å². The van der Waals surface area contributed by atoms with Gasteiger partial charge < -0.3 is 10.1 Å². The molecule has 0 aromatic carbocycles. The maximum atomic E-state index is 5.75. The van der Waals surface area contributed by atoms with Gasteiger partial charge in [0.05, 0.1) is 18.3 Å². The summed E-state index contributed by atoms with van der Waals surface area (Å²) in [7, 11) is 0. The van der Waals surface area contributed by atoms with E-state index < -0.39 is 0 Å². The molecule has 1 aromatic rings. The summed E-state index contributed by atoms with van der Waals surface area (Å²) >= 11 is 6.86. The molecule has 2 rings (SSSR count). The first-order valence-corrected chi connectivity index (χ1v) is 5.77. The smallest absolute Gasteiger partial charge is 0.186 e. The Bertz CT molecular complexity index is 290. The zero-order chi connectivity index (χ0) is 9.80. The van der Waals surface area contributed by atoms with Gasteiger partial charge in [-0.05, 0) is 18.8 Å². The second kappa shape index (κ2) is 4.91. The van der Waals surface area contributed by atoms with Crippen LogP contribution in [0.3, 0.4) is 0 Å². The fourth-order valence-electron chi connectivity index (χ4n) is 1.06. The van der Waals surface area contributed by atoms with Gasteiger partial charge in [0.25, 0.3) is 0 Å². The van der Waals surface area contributed by atoms with E-state index >= 15 is 0 Å². The number of ether oxygens (including phenoxy) is 1. The average molecular weight is 234 g/mol. The molecule has 0 spiro atoms. The molecule has 1 N–H and O–H groups in total. The molecule has 0 amide bonds. The van der Waals surface area contributed by atoms with Gasteiger partial charge >= 0.3 is 0 Å². The molecule has 1 aromatic heterocycles. The van der Waals surface area contributed by atoms with Crippen LogP contribution in [0.5, 0.6) is 0 Å². The largest absolute Gasteiger partial charge is 0.379 e. The van der Waals surface area contributed by atoms with Gasteiger partial charge in [-0.25, -0.2) is 0 Å². The third-order valence-electron chi connectivity index (χ3n) is 2.04. The van der Waals surface area contributed by atoms with E-state index in [-0.39, 0.29) is 0 Å². The standard InChI is InChI=1S/C8H12ClN3OS/c9-7-8(12-14-11-7)10-3-4-13-5-6-1-2-6/h6H,1-5H2,(H,10,12). The monoisotopic (exact) mass is 233 g/mol. The highest BCUT2D eigenvalue weighted by Gasteiger charge is 2.20. The second-order valence-corrected chi connectivity index (χ2v) is 4.24. The third kappa shape index (κ3) is 3.08. The van der Waals surface area contributed by atoms with Crippen molar-refractivity contribution in [1.29, 1.82) is 0 Å². The Hall–Kier alpha value is -0.390. The Balaban J connectivity index is 1.56. The minimum atomic E-state index is 0.442. The zero-order valence-electron chi connectivity index (χ0n) is 7.70. The van der Waals surface area contributed by atoms with E-state index in [1.54, 1.807) is 0 Å². The molecule has 0 saturated heterocycles. The number of hydrogen-bond donors (Lipinski definition) is 1. The van der Waals surface area contributed by atoms with Crippen LogP contribution in [-0.2, 0) is 4.74 Å². The summed E-state index contributed by atoms with van der Waals surface area (Å²) in [6.45, 7) is 2.33. The van der Waals surface area contributed by atoms with Crippen LogP contribution in [-0.4, -0.2) is 28.5 Å². The summed E-state index contributed by atoms with van der Waals surface area (Å²) < 4.78 is 13.3. The molecule has 78 valence electrons. The fraction of sp³-hybridized carbons (Fsp3) is 0.750. The molecule has 0 unspecified atom stereocenters. The van der Waals surface area contributed by atoms with Gasteiger partial charge in [-0.3, -0.25) is 0 Å². The molecule has 0 atom stereocenters. The van der Waals surface area contributed by atoms with Crippen LogP contribution in [0.4, 0.5) is 5.82 Å². The molecule has 1 aliphatic carbocycles. The Morgan fingerprint density at radius 2 is 2.36 bits per heavy atom. The molecule has 1 heterocycles. The van der Waals surface area contributed by atoms with E-state index in [4.69, 9.17) is 16.3 Å². The Morgan fingerprint density at radius 1 is 1.50 bits per heavy atom. The van der Waals surface area contributed by atoms with Crippen molar-refractivity contribution in [2.24, 2.45) is 5.92 Å². The number of nitrogens with one attached hydrogen (secondary N) is 1. The number of hydrogen-bond acceptors (Lipinski definition) is 5. The molecule has 6 heteroatoms. The van der Waals surface area contributed by atoms with Crippen molar-refractivity contribution in [3.8, 4) is 0 Å². The predicted octanol–water partition coefficient (Wildman–Crippen LogP) is 2.03. The number of anilines is 1. The van der Waals surface area contributed by atoms with E-state index in [0.29, 0.717) is 17.6 Å². The van der Waals surface area contributed by atoms with Crippen molar-refractivity contribution in [3.63, 3.8) is 0 Å². The van der Waals surface area contributed by atoms with E-state index in [1.807, 2.05) is 0 Å². The first-order valence-electron chi connectivity index (χ1n) is 4.66. The van der Waals surface area contributed by atoms with Crippen LogP contribution in [0.15, 0.2) is 0 Å². The Kier molecular flexibility index (Phi) is 3.55. The molecule has 1 fully saturated rings. The number of halogens is 1. The molecule has 0 radical (unpaired) electrons. The first-order chi connectivity index (χ1) is 6.86. The van der Waals surface area contributed by atoms with Gasteiger partial charge in [0.2, 0.25) is 0 Å². The minimum Gasteiger partial charge on any atom is -0.379 e. The lowest BCUT2D eigenvalue weighted by Crippen LogP contribution is -2.10. The van der Waals surface area contributed by atoms with Crippen LogP contribution >= 0.6 is 23.3 Å². The number of rotatable bonds is 6. The molecule has 14 heavy (non-hydrogen) atoms. The fourth-order valence-corrected chi connectivity index (χ4v) is 1.74. The SMILES string of the molecule is Clc1nsnc1NCCOCC1CC1. The van der Waals surface area contributed by atoms with Gasteiger partial charge in [0.1, 0.15) is 0 Å². The van der Waals surface area contributed by atoms with Crippen LogP contribution in [0.1, 0.15) is 12.8 Å². The third-order valence-corrected chi connectivity index (χ3v) is 2.93. The highest BCUT2D eigenvalue weighted by molar-refractivity contribution is 6.99. The van der Waals surface area contributed by atoms with E-state index in [2.05, 4.69) is 14.1 Å². The molecule has 1 saturated carbocycles. The second-order valence-electron chi connectivity index (χ2n) is 3.35. The van der Waals surface area contributed by atoms with E-state index in [1.165, 1.54) is 12.8 Å². The molecule has 1 aliphatic rings. The lowest BCUT2D eigenvalue weighted by molar-refractivity contribution is 0.134. The van der Waals surface area contributed by atoms with Crippen molar-refractivity contribution in [3.05, 3.63) is 5.15 Å². The summed E-state index contributed by atoms with van der Waals surface area (Å²) in [6.07, 6.45) is 2.66. The Morgan fingerprint density at radius 3 is 3.00 bits per heavy atom. The van der Waals surface area contributed by atoms with E-state index in [0.717, 1.165) is 30.8 Å².